The molecular formula is C27H29N3O4. The normalized spacial score (nSPS) is 17.0. The molecule has 1 amide bonds. The summed E-state index contributed by atoms with van der Waals surface area (Å²) < 4.78 is 11.5. The summed E-state index contributed by atoms with van der Waals surface area (Å²) in [7, 11) is 0. The third-order valence-electron chi connectivity index (χ3n) is 5.53. The standard InChI is InChI=1S/C27H29N3O4/c31-16-7-17-33-24-14-12-23(13-15-24)25-29-27(20-34-25,18-21-8-3-1-4-9-21)26(32)30-28-19-22-10-5-2-6-11-22/h1-6,8-15,28,31H,7,16-20H2,(H,30,32)/t27-/m0/s1. The van der Waals surface area contributed by atoms with Crippen LogP contribution in [0.5, 0.6) is 5.75 Å². The Hall–Kier alpha value is -3.68. The van der Waals surface area contributed by atoms with E-state index in [1.807, 2.05) is 84.9 Å². The van der Waals surface area contributed by atoms with E-state index in [0.29, 0.717) is 37.6 Å². The van der Waals surface area contributed by atoms with Gasteiger partial charge in [-0.15, -0.1) is 0 Å². The van der Waals surface area contributed by atoms with Gasteiger partial charge in [0, 0.05) is 31.6 Å². The van der Waals surface area contributed by atoms with Crippen LogP contribution >= 0.6 is 0 Å². The second-order valence-corrected chi connectivity index (χ2v) is 8.14. The highest BCUT2D eigenvalue weighted by Crippen LogP contribution is 2.27. The quantitative estimate of drug-likeness (QED) is 0.303. The predicted octanol–water partition coefficient (Wildman–Crippen LogP) is 3.03. The highest BCUT2D eigenvalue weighted by molar-refractivity contribution is 6.00. The number of aliphatic imine (C=N–C) groups is 1. The molecule has 7 heteroatoms. The highest BCUT2D eigenvalue weighted by Gasteiger charge is 2.44. The number of aliphatic hydroxyl groups excluding tert-OH is 1. The van der Waals surface area contributed by atoms with Gasteiger partial charge in [0.25, 0.3) is 5.91 Å². The van der Waals surface area contributed by atoms with Gasteiger partial charge in [0.05, 0.1) is 6.61 Å². The minimum absolute atomic E-state index is 0.0918. The zero-order valence-corrected chi connectivity index (χ0v) is 18.9. The van der Waals surface area contributed by atoms with Gasteiger partial charge in [0.15, 0.2) is 5.54 Å². The molecule has 3 aromatic carbocycles. The van der Waals surface area contributed by atoms with Gasteiger partial charge in [-0.1, -0.05) is 60.7 Å². The molecule has 0 radical (unpaired) electrons. The van der Waals surface area contributed by atoms with Crippen molar-refractivity contribution in [1.82, 2.24) is 10.9 Å². The smallest absolute Gasteiger partial charge is 0.266 e. The molecule has 1 aliphatic rings. The Morgan fingerprint density at radius 2 is 1.65 bits per heavy atom. The van der Waals surface area contributed by atoms with Gasteiger partial charge < -0.3 is 14.6 Å². The Bertz CT molecular complexity index is 1090. The van der Waals surface area contributed by atoms with Crippen molar-refractivity contribution in [3.63, 3.8) is 0 Å². The van der Waals surface area contributed by atoms with Crippen LogP contribution in [-0.4, -0.2) is 42.3 Å². The third kappa shape index (κ3) is 6.01. The van der Waals surface area contributed by atoms with Crippen LogP contribution in [0.15, 0.2) is 89.9 Å². The maximum absolute atomic E-state index is 13.3. The number of hydrogen-bond donors (Lipinski definition) is 3. The van der Waals surface area contributed by atoms with Gasteiger partial charge in [0.2, 0.25) is 5.90 Å². The van der Waals surface area contributed by atoms with Gasteiger partial charge in [-0.05, 0) is 35.4 Å². The Balaban J connectivity index is 1.49. The average Bonchev–Trinajstić information content (AvgIpc) is 3.31. The summed E-state index contributed by atoms with van der Waals surface area (Å²) in [5, 5.41) is 8.89. The first kappa shape index (κ1) is 23.5. The maximum atomic E-state index is 13.3. The lowest BCUT2D eigenvalue weighted by Gasteiger charge is -2.23. The Labute approximate surface area is 199 Å². The van der Waals surface area contributed by atoms with Gasteiger partial charge >= 0.3 is 0 Å². The number of nitrogens with zero attached hydrogens (tertiary/aromatic N) is 1. The van der Waals surface area contributed by atoms with E-state index in [1.54, 1.807) is 0 Å². The third-order valence-corrected chi connectivity index (χ3v) is 5.53. The van der Waals surface area contributed by atoms with Crippen molar-refractivity contribution in [2.45, 2.75) is 24.9 Å². The maximum Gasteiger partial charge on any atom is 0.266 e. The molecule has 0 aromatic heterocycles. The molecule has 7 nitrogen and oxygen atoms in total. The summed E-state index contributed by atoms with van der Waals surface area (Å²) in [6.45, 7) is 1.19. The fourth-order valence-electron chi connectivity index (χ4n) is 3.70. The number of amides is 1. The number of aliphatic hydroxyl groups is 1. The minimum atomic E-state index is -1.09. The van der Waals surface area contributed by atoms with Crippen LogP contribution in [-0.2, 0) is 22.5 Å². The van der Waals surface area contributed by atoms with E-state index in [-0.39, 0.29) is 19.1 Å². The lowest BCUT2D eigenvalue weighted by molar-refractivity contribution is -0.127. The number of rotatable bonds is 11. The molecule has 176 valence electrons. The molecule has 1 atom stereocenters. The lowest BCUT2D eigenvalue weighted by atomic mass is 9.91. The average molecular weight is 460 g/mol. The second-order valence-electron chi connectivity index (χ2n) is 8.14. The number of hydrogen-bond acceptors (Lipinski definition) is 6. The zero-order chi connectivity index (χ0) is 23.6. The summed E-state index contributed by atoms with van der Waals surface area (Å²) in [6, 6.07) is 27.0. The van der Waals surface area contributed by atoms with Gasteiger partial charge in [0.1, 0.15) is 12.4 Å². The molecule has 0 saturated carbocycles. The molecule has 0 unspecified atom stereocenters. The summed E-state index contributed by atoms with van der Waals surface area (Å²) in [5.74, 6) is 0.886. The Kier molecular flexibility index (Phi) is 7.91. The predicted molar refractivity (Wildman–Crippen MR) is 130 cm³/mol. The number of carbonyl (C=O) groups excluding carboxylic acids is 1. The first-order valence-corrected chi connectivity index (χ1v) is 11.4. The van der Waals surface area contributed by atoms with Gasteiger partial charge in [-0.3, -0.25) is 10.2 Å². The molecule has 1 heterocycles. The fraction of sp³-hybridized carbons (Fsp3) is 0.259. The monoisotopic (exact) mass is 459 g/mol. The van der Waals surface area contributed by atoms with Crippen molar-refractivity contribution >= 4 is 11.8 Å². The van der Waals surface area contributed by atoms with Crippen LogP contribution < -0.4 is 15.6 Å². The SMILES string of the molecule is O=C(NNCc1ccccc1)[C@]1(Cc2ccccc2)COC(c2ccc(OCCCO)cc2)=N1. The summed E-state index contributed by atoms with van der Waals surface area (Å²) in [6.07, 6.45) is 0.992. The summed E-state index contributed by atoms with van der Waals surface area (Å²) in [5.41, 5.74) is 7.60. The van der Waals surface area contributed by atoms with Crippen molar-refractivity contribution in [2.75, 3.05) is 19.8 Å². The van der Waals surface area contributed by atoms with E-state index < -0.39 is 5.54 Å². The second kappa shape index (κ2) is 11.4. The molecular weight excluding hydrogens is 430 g/mol. The molecule has 0 bridgehead atoms. The van der Waals surface area contributed by atoms with Crippen molar-refractivity contribution in [3.05, 3.63) is 102 Å². The van der Waals surface area contributed by atoms with Gasteiger partial charge in [-0.2, -0.15) is 0 Å². The largest absolute Gasteiger partial charge is 0.494 e. The zero-order valence-electron chi connectivity index (χ0n) is 18.9. The van der Waals surface area contributed by atoms with Gasteiger partial charge in [-0.25, -0.2) is 10.4 Å². The van der Waals surface area contributed by atoms with Crippen LogP contribution in [0.1, 0.15) is 23.1 Å². The molecule has 0 spiro atoms. The van der Waals surface area contributed by atoms with E-state index in [2.05, 4.69) is 10.9 Å². The van der Waals surface area contributed by atoms with Crippen molar-refractivity contribution in [3.8, 4) is 5.75 Å². The van der Waals surface area contributed by atoms with E-state index in [1.165, 1.54) is 0 Å². The van der Waals surface area contributed by atoms with Crippen LogP contribution in [0.25, 0.3) is 0 Å². The first-order chi connectivity index (χ1) is 16.7. The van der Waals surface area contributed by atoms with E-state index in [0.717, 1.165) is 16.7 Å². The molecule has 1 aliphatic heterocycles. The molecule has 0 aliphatic carbocycles. The van der Waals surface area contributed by atoms with Crippen molar-refractivity contribution in [2.24, 2.45) is 4.99 Å². The number of ether oxygens (including phenoxy) is 2. The molecule has 0 fully saturated rings. The fourth-order valence-corrected chi connectivity index (χ4v) is 3.70. The number of hydrazine groups is 1. The van der Waals surface area contributed by atoms with Crippen LogP contribution in [0.3, 0.4) is 0 Å². The topological polar surface area (TPSA) is 92.2 Å². The molecule has 0 saturated heterocycles. The lowest BCUT2D eigenvalue weighted by Crippen LogP contribution is -2.52. The number of carbonyl (C=O) groups is 1. The van der Waals surface area contributed by atoms with Crippen LogP contribution in [0.2, 0.25) is 0 Å². The van der Waals surface area contributed by atoms with E-state index in [9.17, 15) is 4.79 Å². The highest BCUT2D eigenvalue weighted by atomic mass is 16.5. The number of benzene rings is 3. The van der Waals surface area contributed by atoms with E-state index in [4.69, 9.17) is 19.6 Å². The van der Waals surface area contributed by atoms with Crippen LogP contribution in [0, 0.1) is 0 Å². The molecule has 4 rings (SSSR count). The first-order valence-electron chi connectivity index (χ1n) is 11.4. The summed E-state index contributed by atoms with van der Waals surface area (Å²) in [4.78, 5) is 18.1. The Morgan fingerprint density at radius 3 is 2.32 bits per heavy atom. The molecule has 3 aromatic rings. The van der Waals surface area contributed by atoms with Crippen molar-refractivity contribution < 1.29 is 19.4 Å². The Morgan fingerprint density at radius 1 is 0.971 bits per heavy atom. The molecule has 3 N–H and O–H groups in total. The molecule has 34 heavy (non-hydrogen) atoms. The summed E-state index contributed by atoms with van der Waals surface area (Å²) >= 11 is 0. The van der Waals surface area contributed by atoms with Crippen LogP contribution in [0.4, 0.5) is 0 Å². The van der Waals surface area contributed by atoms with E-state index >= 15 is 0 Å². The number of nitrogens with one attached hydrogen (secondary N) is 2. The minimum Gasteiger partial charge on any atom is -0.494 e. The van der Waals surface area contributed by atoms with Crippen molar-refractivity contribution in [1.29, 1.82) is 0 Å².